The van der Waals surface area contributed by atoms with Crippen molar-refractivity contribution in [3.8, 4) is 5.75 Å². The van der Waals surface area contributed by atoms with Crippen molar-refractivity contribution in [2.45, 2.75) is 45.2 Å². The molecule has 0 amide bonds. The fourth-order valence-corrected chi connectivity index (χ4v) is 3.39. The van der Waals surface area contributed by atoms with Crippen LogP contribution in [0.25, 0.3) is 0 Å². The average Bonchev–Trinajstić information content (AvgIpc) is 3.11. The lowest BCUT2D eigenvalue weighted by molar-refractivity contribution is 0.233. The van der Waals surface area contributed by atoms with Crippen LogP contribution >= 0.6 is 15.9 Å². The van der Waals surface area contributed by atoms with Crippen molar-refractivity contribution < 1.29 is 9.63 Å². The van der Waals surface area contributed by atoms with Crippen LogP contribution in [0.5, 0.6) is 5.75 Å². The standard InChI is InChI=1S/C17H21BrN2O2/c1-11(2)17-9-14(19-22-17)15-4-3-7-20(15)10-12-8-13(18)5-6-16(12)21/h5-6,8-9,11,15,21H,3-4,7,10H2,1-2H3/t15-/m1/s1. The van der Waals surface area contributed by atoms with E-state index in [9.17, 15) is 5.11 Å². The smallest absolute Gasteiger partial charge is 0.139 e. The average molecular weight is 365 g/mol. The number of aromatic hydroxyl groups is 1. The molecular weight excluding hydrogens is 344 g/mol. The van der Waals surface area contributed by atoms with E-state index in [0.717, 1.165) is 47.4 Å². The van der Waals surface area contributed by atoms with Crippen LogP contribution in [0.4, 0.5) is 0 Å². The summed E-state index contributed by atoms with van der Waals surface area (Å²) in [7, 11) is 0. The normalized spacial score (nSPS) is 19.2. The second kappa shape index (κ2) is 6.42. The predicted octanol–water partition coefficient (Wildman–Crippen LogP) is 4.60. The molecular formula is C17H21BrN2O2. The molecule has 1 aromatic heterocycles. The topological polar surface area (TPSA) is 49.5 Å². The number of phenols is 1. The number of nitrogens with zero attached hydrogens (tertiary/aromatic N) is 2. The van der Waals surface area contributed by atoms with Gasteiger partial charge in [-0.3, -0.25) is 4.90 Å². The zero-order valence-electron chi connectivity index (χ0n) is 12.9. The van der Waals surface area contributed by atoms with Crippen LogP contribution < -0.4 is 0 Å². The molecule has 4 nitrogen and oxygen atoms in total. The van der Waals surface area contributed by atoms with Crippen LogP contribution in [-0.2, 0) is 6.54 Å². The first-order valence-corrected chi connectivity index (χ1v) is 8.52. The Labute approximate surface area is 139 Å². The molecule has 2 aromatic rings. The third kappa shape index (κ3) is 3.20. The number of hydrogen-bond acceptors (Lipinski definition) is 4. The van der Waals surface area contributed by atoms with Crippen molar-refractivity contribution in [1.29, 1.82) is 0 Å². The van der Waals surface area contributed by atoms with E-state index >= 15 is 0 Å². The fraction of sp³-hybridized carbons (Fsp3) is 0.471. The highest BCUT2D eigenvalue weighted by Crippen LogP contribution is 2.35. The highest BCUT2D eigenvalue weighted by molar-refractivity contribution is 9.10. The quantitative estimate of drug-likeness (QED) is 0.860. The van der Waals surface area contributed by atoms with E-state index in [1.165, 1.54) is 0 Å². The maximum absolute atomic E-state index is 10.0. The van der Waals surface area contributed by atoms with Gasteiger partial charge in [-0.2, -0.15) is 0 Å². The first kappa shape index (κ1) is 15.6. The van der Waals surface area contributed by atoms with Crippen molar-refractivity contribution in [2.75, 3.05) is 6.54 Å². The number of halogens is 1. The molecule has 0 spiro atoms. The van der Waals surface area contributed by atoms with Gasteiger partial charge in [-0.25, -0.2) is 0 Å². The Morgan fingerprint density at radius 1 is 1.41 bits per heavy atom. The molecule has 1 aromatic carbocycles. The van der Waals surface area contributed by atoms with Gasteiger partial charge < -0.3 is 9.63 Å². The molecule has 118 valence electrons. The number of benzene rings is 1. The monoisotopic (exact) mass is 364 g/mol. The molecule has 1 saturated heterocycles. The van der Waals surface area contributed by atoms with Gasteiger partial charge in [0.1, 0.15) is 17.2 Å². The Morgan fingerprint density at radius 3 is 2.95 bits per heavy atom. The first-order chi connectivity index (χ1) is 10.5. The number of hydrogen-bond donors (Lipinski definition) is 1. The third-order valence-electron chi connectivity index (χ3n) is 4.24. The second-order valence-electron chi connectivity index (χ2n) is 6.21. The number of rotatable bonds is 4. The largest absolute Gasteiger partial charge is 0.508 e. The molecule has 1 N–H and O–H groups in total. The van der Waals surface area contributed by atoms with E-state index in [4.69, 9.17) is 4.52 Å². The number of likely N-dealkylation sites (tertiary alicyclic amines) is 1. The summed E-state index contributed by atoms with van der Waals surface area (Å²) in [4.78, 5) is 2.36. The number of phenolic OH excluding ortho intramolecular Hbond substituents is 1. The summed E-state index contributed by atoms with van der Waals surface area (Å²) in [6.45, 7) is 5.95. The zero-order chi connectivity index (χ0) is 15.7. The van der Waals surface area contributed by atoms with Crippen molar-refractivity contribution >= 4 is 15.9 Å². The SMILES string of the molecule is CC(C)c1cc([C@H]2CCCN2Cc2cc(Br)ccc2O)no1. The van der Waals surface area contributed by atoms with Crippen LogP contribution in [0.1, 0.15) is 55.7 Å². The highest BCUT2D eigenvalue weighted by Gasteiger charge is 2.29. The second-order valence-corrected chi connectivity index (χ2v) is 7.13. The minimum Gasteiger partial charge on any atom is -0.508 e. The molecule has 1 aliphatic heterocycles. The van der Waals surface area contributed by atoms with Crippen molar-refractivity contribution in [3.05, 3.63) is 45.8 Å². The van der Waals surface area contributed by atoms with E-state index in [-0.39, 0.29) is 6.04 Å². The van der Waals surface area contributed by atoms with Crippen LogP contribution in [0.3, 0.4) is 0 Å². The van der Waals surface area contributed by atoms with Gasteiger partial charge in [0, 0.05) is 28.6 Å². The lowest BCUT2D eigenvalue weighted by atomic mass is 10.1. The van der Waals surface area contributed by atoms with E-state index in [2.05, 4.69) is 45.9 Å². The first-order valence-electron chi connectivity index (χ1n) is 7.72. The van der Waals surface area contributed by atoms with Gasteiger partial charge in [-0.15, -0.1) is 0 Å². The summed E-state index contributed by atoms with van der Waals surface area (Å²) in [6, 6.07) is 7.92. The van der Waals surface area contributed by atoms with E-state index in [1.807, 2.05) is 12.1 Å². The Balaban J connectivity index is 1.79. The summed E-state index contributed by atoms with van der Waals surface area (Å²) in [5.74, 6) is 1.63. The Morgan fingerprint density at radius 2 is 2.23 bits per heavy atom. The molecule has 0 radical (unpaired) electrons. The molecule has 0 unspecified atom stereocenters. The minimum absolute atomic E-state index is 0.273. The summed E-state index contributed by atoms with van der Waals surface area (Å²) >= 11 is 3.47. The minimum atomic E-state index is 0.273. The Bertz CT molecular complexity index is 654. The molecule has 0 bridgehead atoms. The van der Waals surface area contributed by atoms with E-state index in [0.29, 0.717) is 11.7 Å². The molecule has 0 saturated carbocycles. The summed E-state index contributed by atoms with van der Waals surface area (Å²) in [6.07, 6.45) is 2.22. The molecule has 0 aliphatic carbocycles. The van der Waals surface area contributed by atoms with Gasteiger partial charge in [-0.05, 0) is 37.6 Å². The molecule has 3 rings (SSSR count). The van der Waals surface area contributed by atoms with Gasteiger partial charge in [0.2, 0.25) is 0 Å². The van der Waals surface area contributed by atoms with E-state index < -0.39 is 0 Å². The highest BCUT2D eigenvalue weighted by atomic mass is 79.9. The van der Waals surface area contributed by atoms with Gasteiger partial charge >= 0.3 is 0 Å². The molecule has 1 atom stereocenters. The predicted molar refractivity (Wildman–Crippen MR) is 88.8 cm³/mol. The zero-order valence-corrected chi connectivity index (χ0v) is 14.5. The van der Waals surface area contributed by atoms with Crippen molar-refractivity contribution in [2.24, 2.45) is 0 Å². The fourth-order valence-electron chi connectivity index (χ4n) is 2.98. The van der Waals surface area contributed by atoms with E-state index in [1.54, 1.807) is 6.07 Å². The Kier molecular flexibility index (Phi) is 4.54. The van der Waals surface area contributed by atoms with Crippen molar-refractivity contribution in [1.82, 2.24) is 10.1 Å². The maximum Gasteiger partial charge on any atom is 0.139 e. The Hall–Kier alpha value is -1.33. The van der Waals surface area contributed by atoms with Gasteiger partial charge in [-0.1, -0.05) is 34.9 Å². The molecule has 5 heteroatoms. The molecule has 1 fully saturated rings. The van der Waals surface area contributed by atoms with Gasteiger partial charge in [0.15, 0.2) is 0 Å². The van der Waals surface area contributed by atoms with Crippen LogP contribution in [0.15, 0.2) is 33.3 Å². The third-order valence-corrected chi connectivity index (χ3v) is 4.73. The maximum atomic E-state index is 10.0. The van der Waals surface area contributed by atoms with Crippen molar-refractivity contribution in [3.63, 3.8) is 0 Å². The summed E-state index contributed by atoms with van der Waals surface area (Å²) in [5, 5.41) is 14.3. The molecule has 1 aliphatic rings. The molecule has 2 heterocycles. The van der Waals surface area contributed by atoms with Crippen LogP contribution in [-0.4, -0.2) is 21.7 Å². The van der Waals surface area contributed by atoms with Crippen LogP contribution in [0.2, 0.25) is 0 Å². The van der Waals surface area contributed by atoms with Gasteiger partial charge in [0.25, 0.3) is 0 Å². The number of aromatic nitrogens is 1. The van der Waals surface area contributed by atoms with Gasteiger partial charge in [0.05, 0.1) is 6.04 Å². The summed E-state index contributed by atoms with van der Waals surface area (Å²) in [5.41, 5.74) is 1.95. The summed E-state index contributed by atoms with van der Waals surface area (Å²) < 4.78 is 6.43. The molecule has 22 heavy (non-hydrogen) atoms. The van der Waals surface area contributed by atoms with Crippen LogP contribution in [0, 0.1) is 0 Å². The lowest BCUT2D eigenvalue weighted by Crippen LogP contribution is -2.23. The lowest BCUT2D eigenvalue weighted by Gasteiger charge is -2.23.